The molecule has 1 N–H and O–H groups in total. The largest absolute Gasteiger partial charge is 0.518 e. The number of aliphatic hydroxyl groups is 1. The third-order valence-electron chi connectivity index (χ3n) is 4.22. The van der Waals surface area contributed by atoms with Crippen LogP contribution in [0.15, 0.2) is 29.6 Å². The summed E-state index contributed by atoms with van der Waals surface area (Å²) in [4.78, 5) is 0. The highest BCUT2D eigenvalue weighted by atomic mass is 28.1. The smallest absolute Gasteiger partial charge is 0.0838 e. The van der Waals surface area contributed by atoms with E-state index in [-0.39, 0.29) is 0 Å². The highest BCUT2D eigenvalue weighted by Crippen LogP contribution is 2.35. The average Bonchev–Trinajstić information content (AvgIpc) is 2.34. The van der Waals surface area contributed by atoms with Gasteiger partial charge in [-0.05, 0) is 74.9 Å². The van der Waals surface area contributed by atoms with Gasteiger partial charge in [-0.15, -0.1) is 0 Å². The Kier molecular flexibility index (Phi) is 4.62. The third-order valence-corrected chi connectivity index (χ3v) is 4.72. The lowest BCUT2D eigenvalue weighted by Gasteiger charge is -2.20. The van der Waals surface area contributed by atoms with Gasteiger partial charge >= 0.3 is 0 Å². The van der Waals surface area contributed by atoms with E-state index in [1.165, 1.54) is 44.5 Å². The first-order valence-corrected chi connectivity index (χ1v) is 8.78. The Morgan fingerprint density at radius 3 is 1.18 bits per heavy atom. The molecule has 0 spiro atoms. The standard InChI is InChI=1S/C20H26OSi/c1-11-7-13(3)17(14(4)8-11)19(20(21)22)18-15(5)9-12(2)10-16(18)6/h7-10,21H,1-6,22H3. The Balaban J connectivity index is 2.84. The molecule has 2 aromatic rings. The van der Waals surface area contributed by atoms with Gasteiger partial charge in [0.2, 0.25) is 0 Å². The second-order valence-electron chi connectivity index (χ2n) is 6.51. The molecule has 0 bridgehead atoms. The molecule has 116 valence electrons. The van der Waals surface area contributed by atoms with Crippen molar-refractivity contribution in [2.45, 2.75) is 41.5 Å². The molecule has 0 radical (unpaired) electrons. The molecule has 2 rings (SSSR count). The van der Waals surface area contributed by atoms with Gasteiger partial charge < -0.3 is 5.11 Å². The summed E-state index contributed by atoms with van der Waals surface area (Å²) in [5.74, 6) is 0. The molecular formula is C20H26OSi. The van der Waals surface area contributed by atoms with Crippen LogP contribution in [0.4, 0.5) is 0 Å². The molecule has 0 unspecified atom stereocenters. The first-order chi connectivity index (χ1) is 10.2. The van der Waals surface area contributed by atoms with Crippen LogP contribution in [-0.4, -0.2) is 15.3 Å². The predicted molar refractivity (Wildman–Crippen MR) is 99.9 cm³/mol. The van der Waals surface area contributed by atoms with Crippen molar-refractivity contribution in [1.82, 2.24) is 0 Å². The van der Waals surface area contributed by atoms with Crippen LogP contribution in [0.3, 0.4) is 0 Å². The van der Waals surface area contributed by atoms with Gasteiger partial charge in [0.15, 0.2) is 0 Å². The molecule has 0 saturated carbocycles. The number of benzene rings is 2. The Morgan fingerprint density at radius 2 is 0.955 bits per heavy atom. The molecule has 22 heavy (non-hydrogen) atoms. The highest BCUT2D eigenvalue weighted by Gasteiger charge is 2.18. The van der Waals surface area contributed by atoms with Crippen molar-refractivity contribution in [3.63, 3.8) is 0 Å². The van der Waals surface area contributed by atoms with Crippen molar-refractivity contribution in [2.75, 3.05) is 0 Å². The maximum Gasteiger partial charge on any atom is 0.0838 e. The summed E-state index contributed by atoms with van der Waals surface area (Å²) in [5.41, 5.74) is 10.9. The van der Waals surface area contributed by atoms with Crippen molar-refractivity contribution in [2.24, 2.45) is 0 Å². The van der Waals surface area contributed by atoms with Crippen molar-refractivity contribution >= 4 is 15.8 Å². The molecule has 0 fully saturated rings. The minimum Gasteiger partial charge on any atom is -0.518 e. The van der Waals surface area contributed by atoms with Gasteiger partial charge in [0, 0.05) is 5.57 Å². The first-order valence-electron chi connectivity index (χ1n) is 7.78. The van der Waals surface area contributed by atoms with Gasteiger partial charge in [-0.2, -0.15) is 0 Å². The van der Waals surface area contributed by atoms with E-state index in [2.05, 4.69) is 65.8 Å². The van der Waals surface area contributed by atoms with Crippen LogP contribution < -0.4 is 0 Å². The Bertz CT molecular complexity index is 660. The van der Waals surface area contributed by atoms with Gasteiger partial charge in [0.05, 0.1) is 15.6 Å². The third kappa shape index (κ3) is 3.02. The van der Waals surface area contributed by atoms with E-state index in [0.717, 1.165) is 5.57 Å². The molecule has 0 heterocycles. The maximum absolute atomic E-state index is 10.5. The molecule has 0 aliphatic heterocycles. The van der Waals surface area contributed by atoms with Crippen LogP contribution in [-0.2, 0) is 0 Å². The second kappa shape index (κ2) is 6.13. The van der Waals surface area contributed by atoms with Crippen LogP contribution in [0.25, 0.3) is 5.57 Å². The molecule has 2 aromatic carbocycles. The van der Waals surface area contributed by atoms with E-state index in [9.17, 15) is 5.11 Å². The molecule has 0 aromatic heterocycles. The summed E-state index contributed by atoms with van der Waals surface area (Å²) < 4.78 is 0. The van der Waals surface area contributed by atoms with Gasteiger partial charge in [-0.1, -0.05) is 35.4 Å². The van der Waals surface area contributed by atoms with E-state index >= 15 is 0 Å². The fourth-order valence-corrected chi connectivity index (χ4v) is 4.14. The summed E-state index contributed by atoms with van der Waals surface area (Å²) in [5, 5.41) is 11.0. The number of rotatable bonds is 2. The number of aryl methyl sites for hydroxylation is 6. The zero-order valence-corrected chi connectivity index (χ0v) is 16.8. The summed E-state index contributed by atoms with van der Waals surface area (Å²) in [7, 11) is 0.645. The molecule has 2 heteroatoms. The van der Waals surface area contributed by atoms with Crippen LogP contribution >= 0.6 is 0 Å². The summed E-state index contributed by atoms with van der Waals surface area (Å²) in [6, 6.07) is 8.80. The lowest BCUT2D eigenvalue weighted by Crippen LogP contribution is -2.04. The Morgan fingerprint density at radius 1 is 0.682 bits per heavy atom. The topological polar surface area (TPSA) is 20.2 Å². The van der Waals surface area contributed by atoms with E-state index in [1.54, 1.807) is 0 Å². The fourth-order valence-electron chi connectivity index (χ4n) is 3.64. The predicted octanol–water partition coefficient (Wildman–Crippen LogP) is 4.18. The Hall–Kier alpha value is -1.80. The minimum atomic E-state index is 0.519. The van der Waals surface area contributed by atoms with E-state index in [0.29, 0.717) is 15.6 Å². The summed E-state index contributed by atoms with van der Waals surface area (Å²) >= 11 is 0. The average molecular weight is 311 g/mol. The normalized spacial score (nSPS) is 10.8. The molecule has 1 nitrogen and oxygen atoms in total. The lowest BCUT2D eigenvalue weighted by atomic mass is 9.86. The van der Waals surface area contributed by atoms with Crippen molar-refractivity contribution in [3.05, 3.63) is 74.2 Å². The van der Waals surface area contributed by atoms with Crippen molar-refractivity contribution in [3.8, 4) is 0 Å². The van der Waals surface area contributed by atoms with Gasteiger partial charge in [0.1, 0.15) is 0 Å². The minimum absolute atomic E-state index is 0.519. The van der Waals surface area contributed by atoms with Gasteiger partial charge in [-0.25, -0.2) is 0 Å². The number of aliphatic hydroxyl groups excluding tert-OH is 1. The van der Waals surface area contributed by atoms with Crippen molar-refractivity contribution < 1.29 is 5.11 Å². The number of hydrogen-bond donors (Lipinski definition) is 1. The van der Waals surface area contributed by atoms with Crippen LogP contribution in [0.1, 0.15) is 44.5 Å². The van der Waals surface area contributed by atoms with Gasteiger partial charge in [-0.3, -0.25) is 0 Å². The second-order valence-corrected chi connectivity index (χ2v) is 7.46. The monoisotopic (exact) mass is 310 g/mol. The van der Waals surface area contributed by atoms with Crippen LogP contribution in [0, 0.1) is 41.5 Å². The zero-order chi connectivity index (χ0) is 16.6. The number of hydrogen-bond acceptors (Lipinski definition) is 1. The Labute approximate surface area is 137 Å². The first kappa shape index (κ1) is 16.6. The van der Waals surface area contributed by atoms with E-state index in [1.807, 2.05) is 0 Å². The van der Waals surface area contributed by atoms with E-state index < -0.39 is 0 Å². The fraction of sp³-hybridized carbons (Fsp3) is 0.300. The van der Waals surface area contributed by atoms with Crippen molar-refractivity contribution in [1.29, 1.82) is 0 Å². The van der Waals surface area contributed by atoms with Crippen LogP contribution in [0.2, 0.25) is 0 Å². The quantitative estimate of drug-likeness (QED) is 0.652. The molecule has 0 aliphatic rings. The van der Waals surface area contributed by atoms with Gasteiger partial charge in [0.25, 0.3) is 0 Å². The zero-order valence-electron chi connectivity index (χ0n) is 14.8. The molecule has 0 saturated heterocycles. The van der Waals surface area contributed by atoms with Crippen LogP contribution in [0.5, 0.6) is 0 Å². The maximum atomic E-state index is 10.5. The summed E-state index contributed by atoms with van der Waals surface area (Å²) in [6.45, 7) is 12.8. The lowest BCUT2D eigenvalue weighted by molar-refractivity contribution is 0.454. The molecule has 0 amide bonds. The van der Waals surface area contributed by atoms with E-state index in [4.69, 9.17) is 0 Å². The molecular weight excluding hydrogens is 284 g/mol. The highest BCUT2D eigenvalue weighted by molar-refractivity contribution is 6.25. The SMILES string of the molecule is Cc1cc(C)c(C(=C(O)[SiH3])c2c(C)cc(C)cc2C)c(C)c1. The summed E-state index contributed by atoms with van der Waals surface area (Å²) in [6.07, 6.45) is 0. The molecule has 0 aliphatic carbocycles. The molecule has 0 atom stereocenters.